The molecule has 3 heterocycles. The quantitative estimate of drug-likeness (QED) is 0.567. The van der Waals surface area contributed by atoms with E-state index in [1.54, 1.807) is 24.4 Å². The molecule has 1 aromatic carbocycles. The van der Waals surface area contributed by atoms with E-state index in [1.165, 1.54) is 0 Å². The normalized spacial score (nSPS) is 12.8. The van der Waals surface area contributed by atoms with E-state index in [-0.39, 0.29) is 11.9 Å². The van der Waals surface area contributed by atoms with E-state index in [9.17, 15) is 10.1 Å². The first-order valence-electron chi connectivity index (χ1n) is 8.47. The molecule has 8 heteroatoms. The maximum atomic E-state index is 12.5. The minimum atomic E-state index is -0.155. The average Bonchev–Trinajstić information content (AvgIpc) is 3.03. The molecule has 2 aromatic heterocycles. The molecule has 4 rings (SSSR count). The summed E-state index contributed by atoms with van der Waals surface area (Å²) in [5.74, 6) is -0.00417. The number of aromatic amines is 1. The van der Waals surface area contributed by atoms with E-state index in [4.69, 9.17) is 5.73 Å². The topological polar surface area (TPSA) is 133 Å². The van der Waals surface area contributed by atoms with Gasteiger partial charge in [0, 0.05) is 30.5 Å². The highest BCUT2D eigenvalue weighted by atomic mass is 16.1. The van der Waals surface area contributed by atoms with Crippen LogP contribution >= 0.6 is 0 Å². The molecule has 0 atom stereocenters. The predicted molar refractivity (Wildman–Crippen MR) is 101 cm³/mol. The second-order valence-electron chi connectivity index (χ2n) is 6.25. The van der Waals surface area contributed by atoms with Crippen molar-refractivity contribution in [3.63, 3.8) is 0 Å². The van der Waals surface area contributed by atoms with Crippen LogP contribution in [-0.4, -0.2) is 27.4 Å². The van der Waals surface area contributed by atoms with Crippen LogP contribution in [0.3, 0.4) is 0 Å². The van der Waals surface area contributed by atoms with Crippen LogP contribution in [-0.2, 0) is 6.42 Å². The first kappa shape index (κ1) is 16.6. The van der Waals surface area contributed by atoms with Crippen molar-refractivity contribution in [1.29, 1.82) is 5.26 Å². The summed E-state index contributed by atoms with van der Waals surface area (Å²) in [6.07, 6.45) is 2.26. The number of aromatic nitrogens is 3. The van der Waals surface area contributed by atoms with Crippen molar-refractivity contribution in [1.82, 2.24) is 20.3 Å². The molecule has 0 saturated heterocycles. The number of nitrogens with one attached hydrogen (secondary N) is 3. The summed E-state index contributed by atoms with van der Waals surface area (Å²) >= 11 is 0. The average molecular weight is 359 g/mol. The molecule has 3 aromatic rings. The lowest BCUT2D eigenvalue weighted by Gasteiger charge is -2.16. The molecule has 0 spiro atoms. The van der Waals surface area contributed by atoms with E-state index in [1.807, 2.05) is 13.0 Å². The van der Waals surface area contributed by atoms with Gasteiger partial charge in [-0.25, -0.2) is 9.97 Å². The fraction of sp³-hybridized carbons (Fsp3) is 0.158. The molecule has 0 fully saturated rings. The Hall–Kier alpha value is -3.86. The molecule has 0 saturated carbocycles. The van der Waals surface area contributed by atoms with Crippen LogP contribution in [0.5, 0.6) is 0 Å². The van der Waals surface area contributed by atoms with Crippen molar-refractivity contribution in [3.05, 3.63) is 52.8 Å². The molecular formula is C19H17N7O. The number of hydrogen-bond donors (Lipinski definition) is 4. The van der Waals surface area contributed by atoms with E-state index in [0.29, 0.717) is 41.2 Å². The number of carbonyl (C=O) groups is 1. The molecule has 0 radical (unpaired) electrons. The molecule has 1 aliphatic heterocycles. The zero-order valence-electron chi connectivity index (χ0n) is 14.6. The molecule has 1 aliphatic rings. The number of nitrogens with zero attached hydrogens (tertiary/aromatic N) is 3. The van der Waals surface area contributed by atoms with Gasteiger partial charge in [0.1, 0.15) is 0 Å². The number of anilines is 3. The van der Waals surface area contributed by atoms with Gasteiger partial charge in [0.2, 0.25) is 5.95 Å². The van der Waals surface area contributed by atoms with Crippen LogP contribution in [0.1, 0.15) is 27.2 Å². The van der Waals surface area contributed by atoms with E-state index < -0.39 is 0 Å². The van der Waals surface area contributed by atoms with Gasteiger partial charge < -0.3 is 21.4 Å². The molecule has 0 bridgehead atoms. The molecule has 1 amide bonds. The van der Waals surface area contributed by atoms with Crippen molar-refractivity contribution in [2.75, 3.05) is 17.6 Å². The summed E-state index contributed by atoms with van der Waals surface area (Å²) in [7, 11) is 0. The van der Waals surface area contributed by atoms with Gasteiger partial charge in [-0.05, 0) is 30.7 Å². The fourth-order valence-electron chi connectivity index (χ4n) is 3.24. The third kappa shape index (κ3) is 2.85. The number of rotatable bonds is 3. The van der Waals surface area contributed by atoms with E-state index in [0.717, 1.165) is 16.9 Å². The van der Waals surface area contributed by atoms with Gasteiger partial charge in [-0.2, -0.15) is 5.26 Å². The van der Waals surface area contributed by atoms with Gasteiger partial charge in [0.25, 0.3) is 5.91 Å². The molecule has 0 aliphatic carbocycles. The minimum Gasteiger partial charge on any atom is -0.368 e. The van der Waals surface area contributed by atoms with Crippen LogP contribution in [0.4, 0.5) is 17.3 Å². The molecule has 134 valence electrons. The number of carbonyl (C=O) groups excluding carboxylic acids is 1. The Morgan fingerprint density at radius 1 is 1.33 bits per heavy atom. The first-order chi connectivity index (χ1) is 13.1. The maximum Gasteiger partial charge on any atom is 0.255 e. The lowest BCUT2D eigenvalue weighted by molar-refractivity contribution is 0.0947. The number of hydrogen-bond acceptors (Lipinski definition) is 6. The summed E-state index contributed by atoms with van der Waals surface area (Å²) in [4.78, 5) is 24.1. The second-order valence-corrected chi connectivity index (χ2v) is 6.25. The number of benzene rings is 1. The highest BCUT2D eigenvalue weighted by molar-refractivity contribution is 6.06. The van der Waals surface area contributed by atoms with Crippen molar-refractivity contribution < 1.29 is 4.79 Å². The zero-order chi connectivity index (χ0) is 19.0. The van der Waals surface area contributed by atoms with Gasteiger partial charge in [0.15, 0.2) is 0 Å². The number of fused-ring (bicyclic) bond motifs is 1. The Kier molecular flexibility index (Phi) is 3.97. The Labute approximate surface area is 155 Å². The first-order valence-corrected chi connectivity index (χ1v) is 8.47. The number of nitrogens with two attached hydrogens (primary N) is 1. The van der Waals surface area contributed by atoms with Gasteiger partial charge >= 0.3 is 0 Å². The van der Waals surface area contributed by atoms with Crippen LogP contribution in [0.15, 0.2) is 30.5 Å². The smallest absolute Gasteiger partial charge is 0.255 e. The summed E-state index contributed by atoms with van der Waals surface area (Å²) < 4.78 is 0. The Morgan fingerprint density at radius 3 is 2.96 bits per heavy atom. The second kappa shape index (κ2) is 6.46. The summed E-state index contributed by atoms with van der Waals surface area (Å²) in [6, 6.07) is 9.33. The number of nitriles is 1. The largest absolute Gasteiger partial charge is 0.368 e. The van der Waals surface area contributed by atoms with Gasteiger partial charge in [-0.15, -0.1) is 0 Å². The third-order valence-electron chi connectivity index (χ3n) is 4.61. The van der Waals surface area contributed by atoms with Gasteiger partial charge in [0.05, 0.1) is 34.3 Å². The Bertz CT molecular complexity index is 1090. The molecular weight excluding hydrogens is 342 g/mol. The van der Waals surface area contributed by atoms with Crippen LogP contribution < -0.4 is 16.4 Å². The molecule has 8 nitrogen and oxygen atoms in total. The van der Waals surface area contributed by atoms with Gasteiger partial charge in [-0.1, -0.05) is 6.07 Å². The lowest BCUT2D eigenvalue weighted by atomic mass is 10.0. The van der Waals surface area contributed by atoms with Crippen LogP contribution in [0.2, 0.25) is 0 Å². The lowest BCUT2D eigenvalue weighted by Crippen LogP contribution is -2.31. The van der Waals surface area contributed by atoms with Crippen molar-refractivity contribution >= 4 is 23.2 Å². The predicted octanol–water partition coefficient (Wildman–Crippen LogP) is 2.26. The van der Waals surface area contributed by atoms with E-state index in [2.05, 4.69) is 31.7 Å². The molecule has 0 unspecified atom stereocenters. The van der Waals surface area contributed by atoms with Crippen LogP contribution in [0, 0.1) is 18.3 Å². The summed E-state index contributed by atoms with van der Waals surface area (Å²) in [6.45, 7) is 2.43. The molecule has 5 N–H and O–H groups in total. The standard InChI is InChI=1S/C19H17N7O/c1-10-11(9-20)3-2-4-12(10)24-17-15-13(5-7-22-18(15)27)25-16(17)14-6-8-23-19(21)26-14/h2-4,6,8,24-25H,5,7H2,1H3,(H,22,27)(H2,21,23,26). The Morgan fingerprint density at radius 2 is 2.19 bits per heavy atom. The highest BCUT2D eigenvalue weighted by Gasteiger charge is 2.27. The SMILES string of the molecule is Cc1c(C#N)cccc1Nc1c(-c2ccnc(N)n2)[nH]c2c1C(=O)NCC2. The summed E-state index contributed by atoms with van der Waals surface area (Å²) in [5.41, 5.74) is 11.1. The number of nitrogen functional groups attached to an aromatic ring is 1. The maximum absolute atomic E-state index is 12.5. The monoisotopic (exact) mass is 359 g/mol. The number of amides is 1. The fourth-order valence-corrected chi connectivity index (χ4v) is 3.24. The summed E-state index contributed by atoms with van der Waals surface area (Å²) in [5, 5.41) is 15.5. The minimum absolute atomic E-state index is 0.151. The zero-order valence-corrected chi connectivity index (χ0v) is 14.6. The van der Waals surface area contributed by atoms with Gasteiger partial charge in [-0.3, -0.25) is 4.79 Å². The number of H-pyrrole nitrogens is 1. The van der Waals surface area contributed by atoms with Crippen molar-refractivity contribution in [2.45, 2.75) is 13.3 Å². The van der Waals surface area contributed by atoms with Crippen LogP contribution in [0.25, 0.3) is 11.4 Å². The Balaban J connectivity index is 1.90. The van der Waals surface area contributed by atoms with E-state index >= 15 is 0 Å². The highest BCUT2D eigenvalue weighted by Crippen LogP contribution is 2.37. The van der Waals surface area contributed by atoms with Crippen molar-refractivity contribution in [3.8, 4) is 17.5 Å². The molecule has 27 heavy (non-hydrogen) atoms. The van der Waals surface area contributed by atoms with Crippen molar-refractivity contribution in [2.24, 2.45) is 0 Å². The third-order valence-corrected chi connectivity index (χ3v) is 4.61.